The molecule has 0 aliphatic carbocycles. The molecule has 4 rings (SSSR count). The number of aromatic nitrogens is 2. The van der Waals surface area contributed by atoms with Crippen molar-refractivity contribution in [1.82, 2.24) is 20.6 Å². The Labute approximate surface area is 171 Å². The van der Waals surface area contributed by atoms with Gasteiger partial charge in [0, 0.05) is 49.7 Å². The predicted octanol–water partition coefficient (Wildman–Crippen LogP) is 1.59. The number of hydrogen-bond acceptors (Lipinski definition) is 7. The molecule has 4 heterocycles. The average molecular weight is 420 g/mol. The third-order valence-corrected chi connectivity index (χ3v) is 5.18. The third kappa shape index (κ3) is 4.27. The molecule has 0 unspecified atom stereocenters. The van der Waals surface area contributed by atoms with Crippen LogP contribution in [0.3, 0.4) is 0 Å². The fraction of sp³-hybridized carbons (Fsp3) is 0.222. The van der Waals surface area contributed by atoms with Gasteiger partial charge in [0.2, 0.25) is 0 Å². The van der Waals surface area contributed by atoms with Gasteiger partial charge in [-0.25, -0.2) is 4.98 Å². The molecule has 0 bridgehead atoms. The molecule has 2 amide bonds. The van der Waals surface area contributed by atoms with Crippen LogP contribution in [0.15, 0.2) is 40.3 Å². The van der Waals surface area contributed by atoms with E-state index in [0.717, 1.165) is 43.8 Å². The maximum Gasteiger partial charge on any atom is 0.290 e. The summed E-state index contributed by atoms with van der Waals surface area (Å²) in [6, 6.07) is 5.46. The van der Waals surface area contributed by atoms with Crippen LogP contribution in [0.5, 0.6) is 0 Å². The molecule has 2 saturated heterocycles. The number of pyridine rings is 2. The summed E-state index contributed by atoms with van der Waals surface area (Å²) < 4.78 is 0. The Balaban J connectivity index is 0.00000225. The van der Waals surface area contributed by atoms with E-state index >= 15 is 0 Å². The van der Waals surface area contributed by atoms with Crippen molar-refractivity contribution in [2.45, 2.75) is 0 Å². The highest BCUT2D eigenvalue weighted by Gasteiger charge is 2.25. The van der Waals surface area contributed by atoms with Gasteiger partial charge in [-0.05, 0) is 41.6 Å². The van der Waals surface area contributed by atoms with E-state index in [-0.39, 0.29) is 18.0 Å². The zero-order chi connectivity index (χ0) is 18.8. The molecule has 146 valence electrons. The van der Waals surface area contributed by atoms with Crippen LogP contribution in [-0.2, 0) is 4.79 Å². The summed E-state index contributed by atoms with van der Waals surface area (Å²) in [5.74, 6) is 0.451. The van der Waals surface area contributed by atoms with Crippen molar-refractivity contribution < 1.29 is 9.59 Å². The standard InChI is InChI=1S/C18H17N5O3S.ClH/c24-16-13(7-11(9-21-16)8-14-17(25)22-18(26)27-14)12-1-2-15(20-10-12)23-5-3-19-4-6-23;/h1-2,7-10,19H,3-6H2,(H,21,24)(H,22,25,26);1H. The molecule has 2 aliphatic heterocycles. The number of imide groups is 1. The van der Waals surface area contributed by atoms with Gasteiger partial charge in [0.25, 0.3) is 16.7 Å². The summed E-state index contributed by atoms with van der Waals surface area (Å²) in [6.45, 7) is 3.64. The van der Waals surface area contributed by atoms with Crippen molar-refractivity contribution in [3.63, 3.8) is 0 Å². The normalized spacial score (nSPS) is 18.1. The van der Waals surface area contributed by atoms with E-state index in [4.69, 9.17) is 0 Å². The van der Waals surface area contributed by atoms with Crippen LogP contribution in [0.25, 0.3) is 17.2 Å². The Kier molecular flexibility index (Phi) is 6.18. The highest BCUT2D eigenvalue weighted by molar-refractivity contribution is 8.18. The lowest BCUT2D eigenvalue weighted by Gasteiger charge is -2.28. The molecule has 2 aromatic rings. The van der Waals surface area contributed by atoms with Crippen molar-refractivity contribution in [1.29, 1.82) is 0 Å². The number of hydrogen-bond donors (Lipinski definition) is 3. The number of anilines is 1. The summed E-state index contributed by atoms with van der Waals surface area (Å²) in [6.07, 6.45) is 4.77. The van der Waals surface area contributed by atoms with Crippen molar-refractivity contribution in [2.24, 2.45) is 0 Å². The SMILES string of the molecule is Cl.O=C1NC(=O)C(=Cc2c[nH]c(=O)c(-c3ccc(N4CCNCC4)nc3)c2)S1. The smallest absolute Gasteiger partial charge is 0.290 e. The minimum Gasteiger partial charge on any atom is -0.354 e. The van der Waals surface area contributed by atoms with Gasteiger partial charge in [0.15, 0.2) is 0 Å². The summed E-state index contributed by atoms with van der Waals surface area (Å²) >= 11 is 0.839. The maximum absolute atomic E-state index is 12.3. The third-order valence-electron chi connectivity index (χ3n) is 4.37. The number of nitrogens with one attached hydrogen (secondary N) is 3. The van der Waals surface area contributed by atoms with E-state index in [2.05, 4.69) is 25.5 Å². The van der Waals surface area contributed by atoms with E-state index in [1.807, 2.05) is 12.1 Å². The van der Waals surface area contributed by atoms with Crippen molar-refractivity contribution >= 4 is 47.2 Å². The highest BCUT2D eigenvalue weighted by Crippen LogP contribution is 2.26. The zero-order valence-electron chi connectivity index (χ0n) is 14.7. The van der Waals surface area contributed by atoms with Gasteiger partial charge in [0.05, 0.1) is 4.91 Å². The van der Waals surface area contributed by atoms with Gasteiger partial charge in [-0.2, -0.15) is 0 Å². The maximum atomic E-state index is 12.3. The van der Waals surface area contributed by atoms with Crippen LogP contribution in [-0.4, -0.2) is 47.3 Å². The Hall–Kier alpha value is -2.62. The number of halogens is 1. The van der Waals surface area contributed by atoms with Gasteiger partial charge >= 0.3 is 0 Å². The van der Waals surface area contributed by atoms with E-state index in [1.54, 1.807) is 18.3 Å². The number of carbonyl (C=O) groups excluding carboxylic acids is 2. The number of aromatic amines is 1. The molecule has 2 aromatic heterocycles. The van der Waals surface area contributed by atoms with Crippen LogP contribution >= 0.6 is 24.2 Å². The fourth-order valence-electron chi connectivity index (χ4n) is 3.00. The number of thioether (sulfide) groups is 1. The van der Waals surface area contributed by atoms with Crippen LogP contribution < -0.4 is 21.1 Å². The Bertz CT molecular complexity index is 983. The monoisotopic (exact) mass is 419 g/mol. The number of carbonyl (C=O) groups is 2. The van der Waals surface area contributed by atoms with Crippen molar-refractivity contribution in [3.8, 4) is 11.1 Å². The van der Waals surface area contributed by atoms with Crippen LogP contribution in [0.1, 0.15) is 5.56 Å². The molecular weight excluding hydrogens is 402 g/mol. The summed E-state index contributed by atoms with van der Waals surface area (Å²) in [5, 5.41) is 5.11. The minimum atomic E-state index is -0.431. The van der Waals surface area contributed by atoms with Gasteiger partial charge in [-0.3, -0.25) is 19.7 Å². The second-order valence-electron chi connectivity index (χ2n) is 6.17. The average Bonchev–Trinajstić information content (AvgIpc) is 3.01. The summed E-state index contributed by atoms with van der Waals surface area (Å²) in [4.78, 5) is 44.9. The van der Waals surface area contributed by atoms with Gasteiger partial charge in [0.1, 0.15) is 5.82 Å². The van der Waals surface area contributed by atoms with Crippen molar-refractivity contribution in [3.05, 3.63) is 51.4 Å². The molecule has 2 fully saturated rings. The number of piperazine rings is 1. The molecule has 0 radical (unpaired) electrons. The first kappa shape index (κ1) is 20.1. The molecule has 0 aromatic carbocycles. The zero-order valence-corrected chi connectivity index (χ0v) is 16.4. The Morgan fingerprint density at radius 1 is 1.14 bits per heavy atom. The van der Waals surface area contributed by atoms with E-state index < -0.39 is 11.1 Å². The highest BCUT2D eigenvalue weighted by atomic mass is 35.5. The first-order valence-electron chi connectivity index (χ1n) is 8.50. The Morgan fingerprint density at radius 2 is 1.93 bits per heavy atom. The topological polar surface area (TPSA) is 107 Å². The largest absolute Gasteiger partial charge is 0.354 e. The molecule has 8 nitrogen and oxygen atoms in total. The molecule has 28 heavy (non-hydrogen) atoms. The number of H-pyrrole nitrogens is 1. The van der Waals surface area contributed by atoms with Crippen LogP contribution in [0, 0.1) is 0 Å². The lowest BCUT2D eigenvalue weighted by Crippen LogP contribution is -2.43. The second kappa shape index (κ2) is 8.59. The molecule has 0 saturated carbocycles. The predicted molar refractivity (Wildman–Crippen MR) is 112 cm³/mol. The van der Waals surface area contributed by atoms with Crippen LogP contribution in [0.2, 0.25) is 0 Å². The van der Waals surface area contributed by atoms with E-state index in [1.165, 1.54) is 6.20 Å². The van der Waals surface area contributed by atoms with Crippen LogP contribution in [0.4, 0.5) is 10.6 Å². The molecule has 2 aliphatic rings. The molecule has 0 atom stereocenters. The van der Waals surface area contributed by atoms with E-state index in [0.29, 0.717) is 21.6 Å². The molecule has 0 spiro atoms. The van der Waals surface area contributed by atoms with Gasteiger partial charge < -0.3 is 15.2 Å². The fourth-order valence-corrected chi connectivity index (χ4v) is 3.68. The quantitative estimate of drug-likeness (QED) is 0.648. The molecule has 10 heteroatoms. The number of rotatable bonds is 3. The lowest BCUT2D eigenvalue weighted by atomic mass is 10.1. The van der Waals surface area contributed by atoms with Gasteiger partial charge in [-0.1, -0.05) is 0 Å². The first-order chi connectivity index (χ1) is 13.1. The first-order valence-corrected chi connectivity index (χ1v) is 9.31. The van der Waals surface area contributed by atoms with Crippen molar-refractivity contribution in [2.75, 3.05) is 31.1 Å². The van der Waals surface area contributed by atoms with Gasteiger partial charge in [-0.15, -0.1) is 12.4 Å². The summed E-state index contributed by atoms with van der Waals surface area (Å²) in [7, 11) is 0. The van der Waals surface area contributed by atoms with E-state index in [9.17, 15) is 14.4 Å². The molecular formula is C18H18ClN5O3S. The minimum absolute atomic E-state index is 0. The molecule has 3 N–H and O–H groups in total. The lowest BCUT2D eigenvalue weighted by molar-refractivity contribution is -0.115. The number of amides is 2. The second-order valence-corrected chi connectivity index (χ2v) is 7.18. The Morgan fingerprint density at radius 3 is 2.57 bits per heavy atom. The number of nitrogens with zero attached hydrogens (tertiary/aromatic N) is 2. The summed E-state index contributed by atoms with van der Waals surface area (Å²) in [5.41, 5.74) is 1.53.